The van der Waals surface area contributed by atoms with Crippen LogP contribution in [0.25, 0.3) is 0 Å². The molecule has 0 heterocycles. The Morgan fingerprint density at radius 1 is 1.39 bits per heavy atom. The number of hydrogen-bond acceptors (Lipinski definition) is 3. The lowest BCUT2D eigenvalue weighted by molar-refractivity contribution is -0.130. The predicted octanol–water partition coefficient (Wildman–Crippen LogP) is 1.95. The summed E-state index contributed by atoms with van der Waals surface area (Å²) in [5, 5.41) is 9.30. The zero-order valence-electron chi connectivity index (χ0n) is 10.4. The van der Waals surface area contributed by atoms with Crippen molar-refractivity contribution in [3.63, 3.8) is 0 Å². The van der Waals surface area contributed by atoms with Crippen LogP contribution in [0.1, 0.15) is 12.8 Å². The maximum Gasteiger partial charge on any atom is 0.222 e. The molecule has 1 amide bonds. The molecular weight excluding hydrogens is 254 g/mol. The van der Waals surface area contributed by atoms with Crippen LogP contribution in [-0.4, -0.2) is 42.7 Å². The summed E-state index contributed by atoms with van der Waals surface area (Å²) < 4.78 is 5.48. The number of hydrogen-bond donors (Lipinski definition) is 1. The molecule has 1 aromatic rings. The topological polar surface area (TPSA) is 49.8 Å². The zero-order chi connectivity index (χ0) is 13.4. The van der Waals surface area contributed by atoms with Crippen LogP contribution >= 0.6 is 11.6 Å². The first-order chi connectivity index (χ1) is 8.63. The fourth-order valence-electron chi connectivity index (χ4n) is 1.38. The molecule has 0 fully saturated rings. The Labute approximate surface area is 112 Å². The van der Waals surface area contributed by atoms with E-state index in [1.807, 2.05) is 0 Å². The summed E-state index contributed by atoms with van der Waals surface area (Å²) in [4.78, 5) is 13.1. The molecule has 4 nitrogen and oxygen atoms in total. The van der Waals surface area contributed by atoms with Crippen molar-refractivity contribution in [2.24, 2.45) is 0 Å². The lowest BCUT2D eigenvalue weighted by Gasteiger charge is -2.17. The number of halogens is 1. The highest BCUT2D eigenvalue weighted by atomic mass is 35.5. The van der Waals surface area contributed by atoms with E-state index in [1.54, 1.807) is 36.2 Å². The molecule has 0 aromatic heterocycles. The van der Waals surface area contributed by atoms with E-state index in [0.29, 0.717) is 31.0 Å². The first-order valence-corrected chi connectivity index (χ1v) is 6.24. The molecule has 0 aliphatic carbocycles. The van der Waals surface area contributed by atoms with Gasteiger partial charge in [0.15, 0.2) is 0 Å². The number of nitrogens with zero attached hydrogens (tertiary/aromatic N) is 1. The van der Waals surface area contributed by atoms with E-state index >= 15 is 0 Å². The van der Waals surface area contributed by atoms with E-state index in [1.165, 1.54) is 0 Å². The Morgan fingerprint density at radius 3 is 2.67 bits per heavy atom. The Kier molecular flexibility index (Phi) is 6.54. The van der Waals surface area contributed by atoms with Crippen LogP contribution in [-0.2, 0) is 4.79 Å². The molecule has 18 heavy (non-hydrogen) atoms. The smallest absolute Gasteiger partial charge is 0.222 e. The Bertz CT molecular complexity index is 367. The minimum Gasteiger partial charge on any atom is -0.492 e. The Balaban J connectivity index is 2.24. The summed E-state index contributed by atoms with van der Waals surface area (Å²) in [5.74, 6) is 0.749. The highest BCUT2D eigenvalue weighted by Crippen LogP contribution is 2.15. The molecule has 100 valence electrons. The van der Waals surface area contributed by atoms with Gasteiger partial charge in [-0.3, -0.25) is 4.79 Å². The Hall–Kier alpha value is -1.26. The van der Waals surface area contributed by atoms with Crippen molar-refractivity contribution in [1.29, 1.82) is 0 Å². The molecule has 5 heteroatoms. The predicted molar refractivity (Wildman–Crippen MR) is 70.9 cm³/mol. The van der Waals surface area contributed by atoms with Crippen LogP contribution in [0.5, 0.6) is 5.75 Å². The van der Waals surface area contributed by atoms with Crippen molar-refractivity contribution < 1.29 is 14.6 Å². The van der Waals surface area contributed by atoms with Gasteiger partial charge in [0.1, 0.15) is 12.4 Å². The van der Waals surface area contributed by atoms with Gasteiger partial charge in [-0.2, -0.15) is 0 Å². The number of likely N-dealkylation sites (N-methyl/N-ethyl adjacent to an activating group) is 1. The molecule has 0 unspecified atom stereocenters. The molecule has 0 saturated carbocycles. The van der Waals surface area contributed by atoms with Gasteiger partial charge in [0.05, 0.1) is 6.54 Å². The SMILES string of the molecule is CN(CCOc1ccc(Cl)cc1)C(=O)CCCO. The van der Waals surface area contributed by atoms with Crippen LogP contribution in [0, 0.1) is 0 Å². The lowest BCUT2D eigenvalue weighted by atomic mass is 10.3. The van der Waals surface area contributed by atoms with Crippen LogP contribution in [0.3, 0.4) is 0 Å². The molecule has 0 aliphatic heterocycles. The second kappa shape index (κ2) is 7.95. The molecule has 0 radical (unpaired) electrons. The largest absolute Gasteiger partial charge is 0.492 e. The quantitative estimate of drug-likeness (QED) is 0.825. The molecule has 0 atom stereocenters. The number of carbonyl (C=O) groups is 1. The molecule has 1 aromatic carbocycles. The van der Waals surface area contributed by atoms with Gasteiger partial charge in [0.25, 0.3) is 0 Å². The van der Waals surface area contributed by atoms with Gasteiger partial charge < -0.3 is 14.7 Å². The average Bonchev–Trinajstić information content (AvgIpc) is 2.38. The van der Waals surface area contributed by atoms with E-state index in [-0.39, 0.29) is 12.5 Å². The van der Waals surface area contributed by atoms with Gasteiger partial charge in [-0.25, -0.2) is 0 Å². The first kappa shape index (κ1) is 14.8. The zero-order valence-corrected chi connectivity index (χ0v) is 11.2. The Morgan fingerprint density at radius 2 is 2.06 bits per heavy atom. The van der Waals surface area contributed by atoms with Crippen molar-refractivity contribution in [2.45, 2.75) is 12.8 Å². The summed E-state index contributed by atoms with van der Waals surface area (Å²) in [5.41, 5.74) is 0. The van der Waals surface area contributed by atoms with Crippen molar-refractivity contribution >= 4 is 17.5 Å². The van der Waals surface area contributed by atoms with E-state index in [9.17, 15) is 4.79 Å². The normalized spacial score (nSPS) is 10.2. The second-order valence-corrected chi connectivity index (χ2v) is 4.38. The molecule has 1 N–H and O–H groups in total. The lowest BCUT2D eigenvalue weighted by Crippen LogP contribution is -2.30. The minimum absolute atomic E-state index is 0.0174. The van der Waals surface area contributed by atoms with E-state index in [4.69, 9.17) is 21.4 Å². The van der Waals surface area contributed by atoms with Crippen molar-refractivity contribution in [3.05, 3.63) is 29.3 Å². The number of ether oxygens (including phenoxy) is 1. The molecule has 1 rings (SSSR count). The van der Waals surface area contributed by atoms with Crippen molar-refractivity contribution in [2.75, 3.05) is 26.8 Å². The fourth-order valence-corrected chi connectivity index (χ4v) is 1.50. The van der Waals surface area contributed by atoms with Crippen LogP contribution in [0.2, 0.25) is 5.02 Å². The van der Waals surface area contributed by atoms with Gasteiger partial charge in [-0.15, -0.1) is 0 Å². The van der Waals surface area contributed by atoms with E-state index < -0.39 is 0 Å². The van der Waals surface area contributed by atoms with E-state index in [0.717, 1.165) is 5.75 Å². The number of aliphatic hydroxyl groups excluding tert-OH is 1. The molecule has 0 saturated heterocycles. The summed E-state index contributed by atoms with van der Waals surface area (Å²) in [6.07, 6.45) is 0.870. The van der Waals surface area contributed by atoms with Gasteiger partial charge in [0.2, 0.25) is 5.91 Å². The van der Waals surface area contributed by atoms with Gasteiger partial charge in [-0.1, -0.05) is 11.6 Å². The third-order valence-corrected chi connectivity index (χ3v) is 2.74. The van der Waals surface area contributed by atoms with Gasteiger partial charge in [-0.05, 0) is 30.7 Å². The molecule has 0 spiro atoms. The second-order valence-electron chi connectivity index (χ2n) is 3.94. The standard InChI is InChI=1S/C13H18ClNO3/c1-15(13(17)3-2-9-16)8-10-18-12-6-4-11(14)5-7-12/h4-7,16H,2-3,8-10H2,1H3. The molecule has 0 aliphatic rings. The van der Waals surface area contributed by atoms with Crippen LogP contribution in [0.15, 0.2) is 24.3 Å². The number of carbonyl (C=O) groups excluding carboxylic acids is 1. The fraction of sp³-hybridized carbons (Fsp3) is 0.462. The average molecular weight is 272 g/mol. The molecular formula is C13H18ClNO3. The van der Waals surface area contributed by atoms with Crippen LogP contribution < -0.4 is 4.74 Å². The van der Waals surface area contributed by atoms with Crippen molar-refractivity contribution in [1.82, 2.24) is 4.90 Å². The summed E-state index contributed by atoms with van der Waals surface area (Å²) in [7, 11) is 1.73. The third kappa shape index (κ3) is 5.38. The highest BCUT2D eigenvalue weighted by Gasteiger charge is 2.07. The van der Waals surface area contributed by atoms with Gasteiger partial charge >= 0.3 is 0 Å². The number of rotatable bonds is 7. The monoisotopic (exact) mass is 271 g/mol. The number of benzene rings is 1. The minimum atomic E-state index is 0.0174. The highest BCUT2D eigenvalue weighted by molar-refractivity contribution is 6.30. The van der Waals surface area contributed by atoms with Gasteiger partial charge in [0, 0.05) is 25.1 Å². The summed E-state index contributed by atoms with van der Waals surface area (Å²) in [6, 6.07) is 7.09. The summed E-state index contributed by atoms with van der Waals surface area (Å²) >= 11 is 5.76. The summed E-state index contributed by atoms with van der Waals surface area (Å²) in [6.45, 7) is 0.997. The maximum absolute atomic E-state index is 11.5. The van der Waals surface area contributed by atoms with Crippen molar-refractivity contribution in [3.8, 4) is 5.75 Å². The van der Waals surface area contributed by atoms with Crippen LogP contribution in [0.4, 0.5) is 0 Å². The number of amides is 1. The van der Waals surface area contributed by atoms with E-state index in [2.05, 4.69) is 0 Å². The number of aliphatic hydroxyl groups is 1. The third-order valence-electron chi connectivity index (χ3n) is 2.48. The first-order valence-electron chi connectivity index (χ1n) is 5.86. The molecule has 0 bridgehead atoms. The maximum atomic E-state index is 11.5.